The molecule has 2 rings (SSSR count). The number of allylic oxidation sites excluding steroid dienone is 1. The first-order chi connectivity index (χ1) is 8.27. The molecule has 90 valence electrons. The SMILES string of the molecule is C=CC1=C(C)c2ccccc2NC1C=C.CC. The molecule has 0 amide bonds. The van der Waals surface area contributed by atoms with Gasteiger partial charge in [0.15, 0.2) is 0 Å². The normalized spacial score (nSPS) is 17.2. The number of para-hydroxylation sites is 1. The largest absolute Gasteiger partial charge is 0.374 e. The van der Waals surface area contributed by atoms with Crippen molar-refractivity contribution in [2.45, 2.75) is 26.8 Å². The fourth-order valence-corrected chi connectivity index (χ4v) is 2.04. The van der Waals surface area contributed by atoms with Gasteiger partial charge in [0.2, 0.25) is 0 Å². The lowest BCUT2D eigenvalue weighted by molar-refractivity contribution is 1.04. The van der Waals surface area contributed by atoms with Crippen molar-refractivity contribution in [3.63, 3.8) is 0 Å². The summed E-state index contributed by atoms with van der Waals surface area (Å²) in [5.74, 6) is 0. The molecule has 1 aliphatic heterocycles. The fourth-order valence-electron chi connectivity index (χ4n) is 2.04. The van der Waals surface area contributed by atoms with Crippen LogP contribution in [-0.2, 0) is 0 Å². The standard InChI is InChI=1S/C14H15N.C2H6/c1-4-11-10(3)12-8-6-7-9-14(12)15-13(11)5-2;1-2/h4-9,13,15H,1-2H2,3H3;1-2H3. The van der Waals surface area contributed by atoms with Gasteiger partial charge in [-0.2, -0.15) is 0 Å². The van der Waals surface area contributed by atoms with Crippen LogP contribution in [0.15, 0.2) is 55.1 Å². The second-order valence-corrected chi connectivity index (χ2v) is 3.69. The van der Waals surface area contributed by atoms with Crippen LogP contribution >= 0.6 is 0 Å². The molecular formula is C16H21N. The summed E-state index contributed by atoms with van der Waals surface area (Å²) in [6.45, 7) is 13.8. The van der Waals surface area contributed by atoms with Gasteiger partial charge >= 0.3 is 0 Å². The lowest BCUT2D eigenvalue weighted by Crippen LogP contribution is -2.23. The van der Waals surface area contributed by atoms with E-state index in [1.54, 1.807) is 0 Å². The number of hydrogen-bond donors (Lipinski definition) is 1. The van der Waals surface area contributed by atoms with E-state index >= 15 is 0 Å². The minimum Gasteiger partial charge on any atom is -0.374 e. The lowest BCUT2D eigenvalue weighted by atomic mass is 9.91. The molecule has 1 aliphatic rings. The second kappa shape index (κ2) is 6.09. The summed E-state index contributed by atoms with van der Waals surface area (Å²) in [7, 11) is 0. The third kappa shape index (κ3) is 2.50. The Morgan fingerprint density at radius 3 is 2.41 bits per heavy atom. The van der Waals surface area contributed by atoms with Crippen molar-refractivity contribution >= 4 is 11.3 Å². The summed E-state index contributed by atoms with van der Waals surface area (Å²) in [4.78, 5) is 0. The van der Waals surface area contributed by atoms with Gasteiger partial charge in [-0.05, 0) is 24.1 Å². The Kier molecular flexibility index (Phi) is 4.77. The van der Waals surface area contributed by atoms with E-state index in [1.807, 2.05) is 32.1 Å². The molecule has 1 N–H and O–H groups in total. The quantitative estimate of drug-likeness (QED) is 0.725. The predicted molar refractivity (Wildman–Crippen MR) is 78.2 cm³/mol. The Hall–Kier alpha value is -1.76. The zero-order chi connectivity index (χ0) is 12.8. The third-order valence-electron chi connectivity index (χ3n) is 2.87. The van der Waals surface area contributed by atoms with E-state index in [0.29, 0.717) is 0 Å². The smallest absolute Gasteiger partial charge is 0.0698 e. The van der Waals surface area contributed by atoms with E-state index in [1.165, 1.54) is 22.4 Å². The third-order valence-corrected chi connectivity index (χ3v) is 2.87. The Bertz CT molecular complexity index is 441. The van der Waals surface area contributed by atoms with Gasteiger partial charge in [0.25, 0.3) is 0 Å². The highest BCUT2D eigenvalue weighted by Crippen LogP contribution is 2.33. The summed E-state index contributed by atoms with van der Waals surface area (Å²) >= 11 is 0. The van der Waals surface area contributed by atoms with Crippen LogP contribution in [0.5, 0.6) is 0 Å². The van der Waals surface area contributed by atoms with Crippen molar-refractivity contribution in [3.8, 4) is 0 Å². The Balaban J connectivity index is 0.000000686. The summed E-state index contributed by atoms with van der Waals surface area (Å²) in [5, 5.41) is 3.43. The number of benzene rings is 1. The van der Waals surface area contributed by atoms with Crippen LogP contribution in [0.3, 0.4) is 0 Å². The molecule has 0 spiro atoms. The molecule has 1 heteroatoms. The minimum atomic E-state index is 0.178. The average Bonchev–Trinajstić information content (AvgIpc) is 2.41. The first kappa shape index (κ1) is 13.3. The summed E-state index contributed by atoms with van der Waals surface area (Å²) in [5.41, 5.74) is 4.92. The van der Waals surface area contributed by atoms with E-state index in [9.17, 15) is 0 Å². The first-order valence-electron chi connectivity index (χ1n) is 6.09. The number of fused-ring (bicyclic) bond motifs is 1. The molecular weight excluding hydrogens is 206 g/mol. The molecule has 1 aromatic rings. The van der Waals surface area contributed by atoms with Gasteiger partial charge < -0.3 is 5.32 Å². The highest BCUT2D eigenvalue weighted by Gasteiger charge is 2.19. The van der Waals surface area contributed by atoms with E-state index < -0.39 is 0 Å². The molecule has 0 aromatic heterocycles. The molecule has 0 aliphatic carbocycles. The Morgan fingerprint density at radius 2 is 1.82 bits per heavy atom. The molecule has 0 radical (unpaired) electrons. The summed E-state index contributed by atoms with van der Waals surface area (Å²) < 4.78 is 0. The zero-order valence-corrected chi connectivity index (χ0v) is 11.0. The second-order valence-electron chi connectivity index (χ2n) is 3.69. The van der Waals surface area contributed by atoms with Gasteiger partial charge in [-0.1, -0.05) is 50.8 Å². The number of rotatable bonds is 2. The van der Waals surface area contributed by atoms with Crippen LogP contribution < -0.4 is 5.32 Å². The molecule has 0 fully saturated rings. The lowest BCUT2D eigenvalue weighted by Gasteiger charge is -2.27. The molecule has 1 unspecified atom stereocenters. The molecule has 0 saturated carbocycles. The van der Waals surface area contributed by atoms with Crippen molar-refractivity contribution < 1.29 is 0 Å². The molecule has 1 atom stereocenters. The van der Waals surface area contributed by atoms with Crippen molar-refractivity contribution in [2.75, 3.05) is 5.32 Å². The fraction of sp³-hybridized carbons (Fsp3) is 0.250. The molecule has 0 saturated heterocycles. The average molecular weight is 227 g/mol. The Morgan fingerprint density at radius 1 is 1.18 bits per heavy atom. The summed E-state index contributed by atoms with van der Waals surface area (Å²) in [6, 6.07) is 8.49. The van der Waals surface area contributed by atoms with Crippen LogP contribution in [0.25, 0.3) is 5.57 Å². The van der Waals surface area contributed by atoms with Gasteiger partial charge in [0, 0.05) is 11.3 Å². The van der Waals surface area contributed by atoms with Crippen molar-refractivity contribution in [1.82, 2.24) is 0 Å². The summed E-state index contributed by atoms with van der Waals surface area (Å²) in [6.07, 6.45) is 3.82. The van der Waals surface area contributed by atoms with E-state index in [-0.39, 0.29) is 6.04 Å². The first-order valence-corrected chi connectivity index (χ1v) is 6.09. The van der Waals surface area contributed by atoms with Crippen molar-refractivity contribution in [2.24, 2.45) is 0 Å². The maximum Gasteiger partial charge on any atom is 0.0698 e. The van der Waals surface area contributed by atoms with Gasteiger partial charge in [-0.15, -0.1) is 6.58 Å². The molecule has 0 bridgehead atoms. The molecule has 17 heavy (non-hydrogen) atoms. The van der Waals surface area contributed by atoms with E-state index in [4.69, 9.17) is 0 Å². The number of nitrogens with one attached hydrogen (secondary N) is 1. The van der Waals surface area contributed by atoms with Gasteiger partial charge in [0.05, 0.1) is 6.04 Å². The van der Waals surface area contributed by atoms with Crippen LogP contribution in [0.4, 0.5) is 5.69 Å². The molecule has 1 nitrogen and oxygen atoms in total. The maximum absolute atomic E-state index is 3.86. The van der Waals surface area contributed by atoms with E-state index in [0.717, 1.165) is 0 Å². The van der Waals surface area contributed by atoms with Gasteiger partial charge in [-0.3, -0.25) is 0 Å². The molecule has 1 aromatic carbocycles. The zero-order valence-electron chi connectivity index (χ0n) is 11.0. The Labute approximate surface area is 105 Å². The van der Waals surface area contributed by atoms with Crippen LogP contribution in [0, 0.1) is 0 Å². The van der Waals surface area contributed by atoms with E-state index in [2.05, 4.69) is 43.6 Å². The van der Waals surface area contributed by atoms with Gasteiger partial charge in [-0.25, -0.2) is 0 Å². The van der Waals surface area contributed by atoms with Gasteiger partial charge in [0.1, 0.15) is 0 Å². The topological polar surface area (TPSA) is 12.0 Å². The predicted octanol–water partition coefficient (Wildman–Crippen LogP) is 4.65. The monoisotopic (exact) mass is 227 g/mol. The number of hydrogen-bond acceptors (Lipinski definition) is 1. The van der Waals surface area contributed by atoms with Crippen molar-refractivity contribution in [1.29, 1.82) is 0 Å². The molecule has 1 heterocycles. The highest BCUT2D eigenvalue weighted by atomic mass is 14.9. The van der Waals surface area contributed by atoms with Crippen LogP contribution in [0.2, 0.25) is 0 Å². The number of anilines is 1. The van der Waals surface area contributed by atoms with Crippen LogP contribution in [0.1, 0.15) is 26.3 Å². The van der Waals surface area contributed by atoms with Crippen LogP contribution in [-0.4, -0.2) is 6.04 Å². The highest BCUT2D eigenvalue weighted by molar-refractivity contribution is 5.83. The van der Waals surface area contributed by atoms with Crippen molar-refractivity contribution in [3.05, 3.63) is 60.7 Å². The maximum atomic E-state index is 3.86. The minimum absolute atomic E-state index is 0.178.